The summed E-state index contributed by atoms with van der Waals surface area (Å²) in [4.78, 5) is 19.7. The van der Waals surface area contributed by atoms with E-state index in [4.69, 9.17) is 9.47 Å². The minimum Gasteiger partial charge on any atom is -0.389 e. The van der Waals surface area contributed by atoms with E-state index in [0.717, 1.165) is 69.8 Å². The summed E-state index contributed by atoms with van der Waals surface area (Å²) in [6.45, 7) is 10.7. The zero-order valence-corrected chi connectivity index (χ0v) is 21.1. The summed E-state index contributed by atoms with van der Waals surface area (Å²) in [5, 5.41) is 10.5. The van der Waals surface area contributed by atoms with E-state index in [1.165, 1.54) is 17.7 Å². The van der Waals surface area contributed by atoms with Crippen molar-refractivity contribution in [2.75, 3.05) is 57.5 Å². The molecule has 4 fully saturated rings. The molecule has 3 saturated heterocycles. The van der Waals surface area contributed by atoms with Crippen molar-refractivity contribution in [2.45, 2.75) is 51.2 Å². The molecule has 190 valence electrons. The lowest BCUT2D eigenvalue weighted by Crippen LogP contribution is -2.60. The molecule has 1 saturated carbocycles. The van der Waals surface area contributed by atoms with Crippen molar-refractivity contribution in [1.82, 2.24) is 4.90 Å². The molecule has 0 aromatic heterocycles. The molecule has 1 aromatic rings. The lowest BCUT2D eigenvalue weighted by molar-refractivity contribution is -0.106. The van der Waals surface area contributed by atoms with Crippen LogP contribution in [0.25, 0.3) is 6.08 Å². The number of aliphatic imine (C=N–C) groups is 1. The molecule has 1 N–H and O–H groups in total. The summed E-state index contributed by atoms with van der Waals surface area (Å²) in [5.74, 6) is 0.612. The first-order valence-electron chi connectivity index (χ1n) is 13.1. The number of amides is 1. The van der Waals surface area contributed by atoms with Crippen molar-refractivity contribution in [1.29, 1.82) is 0 Å². The summed E-state index contributed by atoms with van der Waals surface area (Å²) in [7, 11) is 0. The predicted octanol–water partition coefficient (Wildman–Crippen LogP) is 2.93. The zero-order valence-electron chi connectivity index (χ0n) is 21.1. The van der Waals surface area contributed by atoms with Gasteiger partial charge in [-0.1, -0.05) is 19.1 Å². The number of carbonyl (C=O) groups is 1. The van der Waals surface area contributed by atoms with Gasteiger partial charge in [-0.15, -0.1) is 0 Å². The van der Waals surface area contributed by atoms with Gasteiger partial charge in [0.2, 0.25) is 6.41 Å². The summed E-state index contributed by atoms with van der Waals surface area (Å²) < 4.78 is 11.1. The lowest BCUT2D eigenvalue weighted by Gasteiger charge is -2.45. The van der Waals surface area contributed by atoms with Crippen LogP contribution >= 0.6 is 0 Å². The third-order valence-electron chi connectivity index (χ3n) is 8.92. The third kappa shape index (κ3) is 4.84. The summed E-state index contributed by atoms with van der Waals surface area (Å²) >= 11 is 0. The molecule has 35 heavy (non-hydrogen) atoms. The highest BCUT2D eigenvalue weighted by atomic mass is 16.5. The van der Waals surface area contributed by atoms with Gasteiger partial charge in [0.1, 0.15) is 0 Å². The van der Waals surface area contributed by atoms with Crippen molar-refractivity contribution >= 4 is 24.4 Å². The van der Waals surface area contributed by atoms with Crippen molar-refractivity contribution in [3.05, 3.63) is 34.9 Å². The molecule has 0 radical (unpaired) electrons. The van der Waals surface area contributed by atoms with Gasteiger partial charge in [-0.3, -0.25) is 9.69 Å². The van der Waals surface area contributed by atoms with Gasteiger partial charge in [0, 0.05) is 56.9 Å². The maximum atomic E-state index is 11.0. The minimum atomic E-state index is -0.435. The lowest BCUT2D eigenvalue weighted by atomic mass is 9.93. The number of hydrogen-bond donors (Lipinski definition) is 1. The number of hydrogen-bond acceptors (Lipinski definition) is 6. The van der Waals surface area contributed by atoms with Gasteiger partial charge in [-0.2, -0.15) is 0 Å². The first-order chi connectivity index (χ1) is 17.0. The fourth-order valence-corrected chi connectivity index (χ4v) is 6.25. The molecule has 0 bridgehead atoms. The van der Waals surface area contributed by atoms with Crippen LogP contribution in [0.4, 0.5) is 5.69 Å². The van der Waals surface area contributed by atoms with E-state index < -0.39 is 6.10 Å². The molecule has 7 heteroatoms. The summed E-state index contributed by atoms with van der Waals surface area (Å²) in [5.41, 5.74) is 4.79. The Bertz CT molecular complexity index is 979. The van der Waals surface area contributed by atoms with E-state index in [9.17, 15) is 9.90 Å². The monoisotopic (exact) mass is 481 g/mol. The Kier molecular flexibility index (Phi) is 7.13. The average Bonchev–Trinajstić information content (AvgIpc) is 3.43. The smallest absolute Gasteiger partial charge is 0.232 e. The molecule has 3 aliphatic heterocycles. The zero-order chi connectivity index (χ0) is 24.5. The minimum absolute atomic E-state index is 0.299. The molecule has 3 atom stereocenters. The van der Waals surface area contributed by atoms with Crippen LogP contribution in [0.5, 0.6) is 0 Å². The molecule has 3 unspecified atom stereocenters. The second-order valence-corrected chi connectivity index (χ2v) is 10.9. The normalized spacial score (nSPS) is 31.1. The fourth-order valence-electron chi connectivity index (χ4n) is 6.25. The van der Waals surface area contributed by atoms with Gasteiger partial charge in [0.25, 0.3) is 0 Å². The van der Waals surface area contributed by atoms with Crippen molar-refractivity contribution in [3.8, 4) is 0 Å². The Hall–Kier alpha value is -2.06. The number of aliphatic hydroxyl groups is 1. The second kappa shape index (κ2) is 10.1. The number of nitrogens with zero attached hydrogens (tertiary/aromatic N) is 3. The second-order valence-electron chi connectivity index (χ2n) is 10.9. The molecule has 1 aliphatic carbocycles. The van der Waals surface area contributed by atoms with Crippen LogP contribution in [0.2, 0.25) is 0 Å². The Morgan fingerprint density at radius 2 is 1.91 bits per heavy atom. The standard InChI is InChI=1S/C28H39N3O4/c1-3-21-14-23(17-29-20-32)22(4-5-24-16-28(24)6-12-34-13-7-28)15-25(21)30-8-10-31(11-9-30)27(2)19-35-18-26(27)33/h4-5,14-15,17,20,24,26,33H,3,6-13,16,18-19H2,1-2H3/b5-4+,29-17?. The Morgan fingerprint density at radius 1 is 1.14 bits per heavy atom. The number of anilines is 1. The van der Waals surface area contributed by atoms with Crippen LogP contribution < -0.4 is 4.90 Å². The number of benzene rings is 1. The largest absolute Gasteiger partial charge is 0.389 e. The van der Waals surface area contributed by atoms with E-state index in [-0.39, 0.29) is 5.54 Å². The van der Waals surface area contributed by atoms with Crippen molar-refractivity contribution in [3.63, 3.8) is 0 Å². The number of carbonyl (C=O) groups excluding carboxylic acids is 1. The van der Waals surface area contributed by atoms with Crippen molar-refractivity contribution in [2.24, 2.45) is 16.3 Å². The van der Waals surface area contributed by atoms with Crippen LogP contribution in [-0.4, -0.2) is 86.9 Å². The number of piperazine rings is 1. The van der Waals surface area contributed by atoms with Crippen LogP contribution in [0, 0.1) is 11.3 Å². The molecule has 1 amide bonds. The van der Waals surface area contributed by atoms with Gasteiger partial charge >= 0.3 is 0 Å². The Morgan fingerprint density at radius 3 is 2.57 bits per heavy atom. The van der Waals surface area contributed by atoms with E-state index in [2.05, 4.69) is 52.9 Å². The van der Waals surface area contributed by atoms with E-state index in [1.54, 1.807) is 6.21 Å². The number of ether oxygens (including phenoxy) is 2. The molecule has 1 spiro atoms. The molecule has 5 rings (SSSR count). The predicted molar refractivity (Wildman–Crippen MR) is 138 cm³/mol. The van der Waals surface area contributed by atoms with Gasteiger partial charge in [-0.25, -0.2) is 4.99 Å². The van der Waals surface area contributed by atoms with Crippen molar-refractivity contribution < 1.29 is 19.4 Å². The molecule has 3 heterocycles. The van der Waals surface area contributed by atoms with E-state index in [0.29, 0.717) is 31.0 Å². The number of rotatable bonds is 7. The van der Waals surface area contributed by atoms with Crippen LogP contribution in [0.3, 0.4) is 0 Å². The third-order valence-corrected chi connectivity index (χ3v) is 8.92. The molecular formula is C28H39N3O4. The van der Waals surface area contributed by atoms with E-state index >= 15 is 0 Å². The molecule has 4 aliphatic rings. The quantitative estimate of drug-likeness (QED) is 0.477. The maximum Gasteiger partial charge on any atom is 0.232 e. The van der Waals surface area contributed by atoms with Crippen LogP contribution in [0.1, 0.15) is 49.8 Å². The Labute approximate surface area is 208 Å². The van der Waals surface area contributed by atoms with Gasteiger partial charge < -0.3 is 19.5 Å². The summed E-state index contributed by atoms with van der Waals surface area (Å²) in [6, 6.07) is 4.48. The van der Waals surface area contributed by atoms with Gasteiger partial charge in [-0.05, 0) is 67.2 Å². The fraction of sp³-hybridized carbons (Fsp3) is 0.643. The highest BCUT2D eigenvalue weighted by Gasteiger charge is 2.52. The average molecular weight is 482 g/mol. The topological polar surface area (TPSA) is 74.6 Å². The maximum absolute atomic E-state index is 11.0. The number of aliphatic hydroxyl groups excluding tert-OH is 1. The van der Waals surface area contributed by atoms with Gasteiger partial charge in [0.15, 0.2) is 0 Å². The first kappa shape index (κ1) is 24.6. The number of allylic oxidation sites excluding steroid dienone is 1. The molecular weight excluding hydrogens is 442 g/mol. The van der Waals surface area contributed by atoms with Gasteiger partial charge in [0.05, 0.1) is 24.9 Å². The Balaban J connectivity index is 1.36. The summed E-state index contributed by atoms with van der Waals surface area (Å²) in [6.07, 6.45) is 10.9. The van der Waals surface area contributed by atoms with Crippen LogP contribution in [-0.2, 0) is 20.7 Å². The molecule has 1 aromatic carbocycles. The SMILES string of the molecule is CCc1cc(C=NC=O)c(/C=C/C2CC23CCOCC3)cc1N1CCN(C2(C)COCC2O)CC1. The molecule has 7 nitrogen and oxygen atoms in total. The highest BCUT2D eigenvalue weighted by Crippen LogP contribution is 2.60. The number of aryl methyl sites for hydroxylation is 1. The highest BCUT2D eigenvalue weighted by molar-refractivity contribution is 5.90. The van der Waals surface area contributed by atoms with E-state index in [1.807, 2.05) is 0 Å². The first-order valence-corrected chi connectivity index (χ1v) is 13.1. The van der Waals surface area contributed by atoms with Crippen LogP contribution in [0.15, 0.2) is 23.2 Å².